The second-order valence-electron chi connectivity index (χ2n) is 5.67. The van der Waals surface area contributed by atoms with Gasteiger partial charge in [-0.05, 0) is 47.6 Å². The van der Waals surface area contributed by atoms with Gasteiger partial charge in [0, 0.05) is 0 Å². The lowest BCUT2D eigenvalue weighted by molar-refractivity contribution is 0.700. The Balaban J connectivity index is 1.82. The van der Waals surface area contributed by atoms with Gasteiger partial charge in [-0.1, -0.05) is 67.8 Å². The molecule has 19 heavy (non-hydrogen) atoms. The number of benzene rings is 2. The quantitative estimate of drug-likeness (QED) is 0.500. The Morgan fingerprint density at radius 3 is 2.42 bits per heavy atom. The molecule has 1 aliphatic carbocycles. The summed E-state index contributed by atoms with van der Waals surface area (Å²) in [4.78, 5) is 0. The van der Waals surface area contributed by atoms with Crippen LogP contribution in [0.15, 0.2) is 48.0 Å². The molecule has 0 heteroatoms. The van der Waals surface area contributed by atoms with E-state index in [0.29, 0.717) is 0 Å². The van der Waals surface area contributed by atoms with Crippen molar-refractivity contribution in [3.05, 3.63) is 59.2 Å². The summed E-state index contributed by atoms with van der Waals surface area (Å²) in [7, 11) is 0. The van der Waals surface area contributed by atoms with Crippen LogP contribution in [-0.2, 0) is 12.8 Å². The van der Waals surface area contributed by atoms with Crippen molar-refractivity contribution in [1.29, 1.82) is 0 Å². The zero-order valence-corrected chi connectivity index (χ0v) is 11.8. The molecular weight excluding hydrogens is 228 g/mol. The molecule has 3 rings (SSSR count). The molecular formula is C19H22. The molecule has 0 saturated heterocycles. The van der Waals surface area contributed by atoms with Gasteiger partial charge >= 0.3 is 0 Å². The lowest BCUT2D eigenvalue weighted by atomic mass is 9.87. The van der Waals surface area contributed by atoms with Crippen molar-refractivity contribution in [2.75, 3.05) is 0 Å². The smallest absolute Gasteiger partial charge is 0.00639 e. The molecule has 0 amide bonds. The van der Waals surface area contributed by atoms with E-state index in [1.807, 2.05) is 0 Å². The predicted octanol–water partition coefficient (Wildman–Crippen LogP) is 5.45. The Morgan fingerprint density at radius 1 is 0.947 bits per heavy atom. The van der Waals surface area contributed by atoms with E-state index in [1.165, 1.54) is 48.4 Å². The molecule has 0 saturated carbocycles. The number of hydrogen-bond acceptors (Lipinski definition) is 0. The fourth-order valence-electron chi connectivity index (χ4n) is 3.05. The van der Waals surface area contributed by atoms with Crippen LogP contribution in [0.2, 0.25) is 0 Å². The molecule has 0 nitrogen and oxygen atoms in total. The molecule has 0 unspecified atom stereocenters. The van der Waals surface area contributed by atoms with Gasteiger partial charge in [-0.3, -0.25) is 0 Å². The monoisotopic (exact) mass is 250 g/mol. The summed E-state index contributed by atoms with van der Waals surface area (Å²) in [5.41, 5.74) is 4.72. The maximum atomic E-state index is 2.47. The minimum atomic E-state index is 1.13. The minimum Gasteiger partial charge on any atom is -0.0806 e. The Bertz CT molecular complexity index is 604. The normalized spacial score (nSPS) is 14.3. The van der Waals surface area contributed by atoms with Crippen LogP contribution >= 0.6 is 0 Å². The van der Waals surface area contributed by atoms with E-state index in [-0.39, 0.29) is 0 Å². The van der Waals surface area contributed by atoms with Crippen LogP contribution in [0.1, 0.15) is 43.7 Å². The van der Waals surface area contributed by atoms with Crippen molar-refractivity contribution in [3.8, 4) is 0 Å². The van der Waals surface area contributed by atoms with Crippen molar-refractivity contribution in [3.63, 3.8) is 0 Å². The zero-order valence-electron chi connectivity index (χ0n) is 11.8. The SMILES string of the molecule is CCCCCC1=CCc2cc3ccccc3cc2C1. The number of fused-ring (bicyclic) bond motifs is 2. The summed E-state index contributed by atoms with van der Waals surface area (Å²) in [5.74, 6) is 0. The second-order valence-corrected chi connectivity index (χ2v) is 5.67. The number of allylic oxidation sites excluding steroid dienone is 2. The molecule has 0 N–H and O–H groups in total. The lowest BCUT2D eigenvalue weighted by Gasteiger charge is -2.18. The Hall–Kier alpha value is -1.56. The van der Waals surface area contributed by atoms with Crippen LogP contribution in [0.5, 0.6) is 0 Å². The third-order valence-electron chi connectivity index (χ3n) is 4.20. The summed E-state index contributed by atoms with van der Waals surface area (Å²) in [6.07, 6.45) is 10.1. The summed E-state index contributed by atoms with van der Waals surface area (Å²) >= 11 is 0. The van der Waals surface area contributed by atoms with E-state index >= 15 is 0 Å². The van der Waals surface area contributed by atoms with Gasteiger partial charge in [0.15, 0.2) is 0 Å². The van der Waals surface area contributed by atoms with E-state index in [0.717, 1.165) is 6.42 Å². The third kappa shape index (κ3) is 2.73. The molecule has 0 aromatic heterocycles. The van der Waals surface area contributed by atoms with Crippen LogP contribution in [0.3, 0.4) is 0 Å². The second kappa shape index (κ2) is 5.61. The molecule has 0 fully saturated rings. The average molecular weight is 250 g/mol. The fourth-order valence-corrected chi connectivity index (χ4v) is 3.05. The molecule has 2 aromatic carbocycles. The highest BCUT2D eigenvalue weighted by atomic mass is 14.2. The molecule has 2 aromatic rings. The van der Waals surface area contributed by atoms with Gasteiger partial charge in [0.1, 0.15) is 0 Å². The van der Waals surface area contributed by atoms with Gasteiger partial charge in [-0.15, -0.1) is 0 Å². The highest BCUT2D eigenvalue weighted by Gasteiger charge is 2.11. The first-order chi connectivity index (χ1) is 9.36. The van der Waals surface area contributed by atoms with Crippen LogP contribution in [-0.4, -0.2) is 0 Å². The van der Waals surface area contributed by atoms with Gasteiger partial charge in [0.25, 0.3) is 0 Å². The van der Waals surface area contributed by atoms with Crippen molar-refractivity contribution in [1.82, 2.24) is 0 Å². The van der Waals surface area contributed by atoms with E-state index in [2.05, 4.69) is 49.4 Å². The number of unbranched alkanes of at least 4 members (excludes halogenated alkanes) is 2. The highest BCUT2D eigenvalue weighted by Crippen LogP contribution is 2.28. The zero-order chi connectivity index (χ0) is 13.1. The van der Waals surface area contributed by atoms with Crippen LogP contribution in [0, 0.1) is 0 Å². The van der Waals surface area contributed by atoms with Gasteiger partial charge in [-0.25, -0.2) is 0 Å². The van der Waals surface area contributed by atoms with Crippen LogP contribution < -0.4 is 0 Å². The van der Waals surface area contributed by atoms with Gasteiger partial charge in [-0.2, -0.15) is 0 Å². The first kappa shape index (κ1) is 12.5. The molecule has 0 radical (unpaired) electrons. The Kier molecular flexibility index (Phi) is 3.68. The molecule has 0 heterocycles. The van der Waals surface area contributed by atoms with E-state index in [4.69, 9.17) is 0 Å². The first-order valence-electron chi connectivity index (χ1n) is 7.55. The van der Waals surface area contributed by atoms with Crippen molar-refractivity contribution < 1.29 is 0 Å². The van der Waals surface area contributed by atoms with Gasteiger partial charge in [0.05, 0.1) is 0 Å². The Labute approximate surface area is 116 Å². The molecule has 1 aliphatic rings. The summed E-state index contributed by atoms with van der Waals surface area (Å²) in [6, 6.07) is 13.5. The van der Waals surface area contributed by atoms with Gasteiger partial charge < -0.3 is 0 Å². The third-order valence-corrected chi connectivity index (χ3v) is 4.20. The van der Waals surface area contributed by atoms with Crippen LogP contribution in [0.25, 0.3) is 10.8 Å². The van der Waals surface area contributed by atoms with E-state index in [9.17, 15) is 0 Å². The molecule has 0 atom stereocenters. The average Bonchev–Trinajstić information content (AvgIpc) is 2.45. The Morgan fingerprint density at radius 2 is 1.68 bits per heavy atom. The molecule has 0 bridgehead atoms. The van der Waals surface area contributed by atoms with E-state index in [1.54, 1.807) is 11.1 Å². The standard InChI is InChI=1S/C19H22/c1-2-3-4-7-15-10-11-18-13-16-8-5-6-9-17(16)14-19(18)12-15/h5-6,8-10,13-14H,2-4,7,11-12H2,1H3. The number of hydrogen-bond donors (Lipinski definition) is 0. The highest BCUT2D eigenvalue weighted by molar-refractivity contribution is 5.84. The first-order valence-corrected chi connectivity index (χ1v) is 7.55. The molecule has 98 valence electrons. The lowest BCUT2D eigenvalue weighted by Crippen LogP contribution is -2.03. The summed E-state index contributed by atoms with van der Waals surface area (Å²) in [5, 5.41) is 2.76. The largest absolute Gasteiger partial charge is 0.0806 e. The van der Waals surface area contributed by atoms with Crippen LogP contribution in [0.4, 0.5) is 0 Å². The molecule has 0 aliphatic heterocycles. The maximum absolute atomic E-state index is 2.47. The summed E-state index contributed by atoms with van der Waals surface area (Å²) < 4.78 is 0. The topological polar surface area (TPSA) is 0 Å². The minimum absolute atomic E-state index is 1.13. The summed E-state index contributed by atoms with van der Waals surface area (Å²) in [6.45, 7) is 2.27. The van der Waals surface area contributed by atoms with Crippen molar-refractivity contribution in [2.45, 2.75) is 45.4 Å². The fraction of sp³-hybridized carbons (Fsp3) is 0.368. The van der Waals surface area contributed by atoms with E-state index < -0.39 is 0 Å². The number of rotatable bonds is 4. The van der Waals surface area contributed by atoms with Crippen molar-refractivity contribution in [2.24, 2.45) is 0 Å². The maximum Gasteiger partial charge on any atom is -0.00639 e. The van der Waals surface area contributed by atoms with Crippen molar-refractivity contribution >= 4 is 10.8 Å². The molecule has 0 spiro atoms. The van der Waals surface area contributed by atoms with Gasteiger partial charge in [0.2, 0.25) is 0 Å². The predicted molar refractivity (Wildman–Crippen MR) is 83.6 cm³/mol.